The first-order valence-corrected chi connectivity index (χ1v) is 6.16. The molecular weight excluding hydrogens is 172 g/mol. The fraction of sp³-hybridized carbons (Fsp3) is 1.00. The van der Waals surface area contributed by atoms with E-state index in [1.807, 2.05) is 0 Å². The second-order valence-corrected chi connectivity index (χ2v) is 5.59. The molecule has 1 saturated carbocycles. The lowest BCUT2D eigenvalue weighted by molar-refractivity contribution is 0.248. The summed E-state index contributed by atoms with van der Waals surface area (Å²) in [5, 5.41) is 7.30. The lowest BCUT2D eigenvalue weighted by Crippen LogP contribution is -2.50. The molecule has 0 spiro atoms. The molecule has 2 nitrogen and oxygen atoms in total. The van der Waals surface area contributed by atoms with E-state index in [1.165, 1.54) is 38.6 Å². The zero-order chi connectivity index (χ0) is 10.0. The molecule has 2 fully saturated rings. The van der Waals surface area contributed by atoms with Gasteiger partial charge in [-0.05, 0) is 51.5 Å². The summed E-state index contributed by atoms with van der Waals surface area (Å²) in [4.78, 5) is 0. The average molecular weight is 196 g/mol. The molecule has 1 heterocycles. The van der Waals surface area contributed by atoms with Gasteiger partial charge >= 0.3 is 0 Å². The third kappa shape index (κ3) is 2.48. The van der Waals surface area contributed by atoms with E-state index in [0.29, 0.717) is 5.54 Å². The van der Waals surface area contributed by atoms with Crippen LogP contribution in [0.3, 0.4) is 0 Å². The van der Waals surface area contributed by atoms with E-state index < -0.39 is 0 Å². The Hall–Kier alpha value is -0.0800. The van der Waals surface area contributed by atoms with E-state index in [4.69, 9.17) is 0 Å². The van der Waals surface area contributed by atoms with Gasteiger partial charge < -0.3 is 10.6 Å². The highest BCUT2D eigenvalue weighted by atomic mass is 15.1. The molecule has 0 bridgehead atoms. The Morgan fingerprint density at radius 3 is 2.50 bits per heavy atom. The molecule has 82 valence electrons. The summed E-state index contributed by atoms with van der Waals surface area (Å²) in [6, 6.07) is 0.788. The molecule has 0 amide bonds. The predicted molar refractivity (Wildman–Crippen MR) is 60.4 cm³/mol. The van der Waals surface area contributed by atoms with Crippen LogP contribution in [0.25, 0.3) is 0 Å². The zero-order valence-corrected chi connectivity index (χ0v) is 9.60. The standard InChI is InChI=1S/C12H24N2/c1-10-3-5-11(6-4-10)14-12(2)7-8-13-9-12/h10-11,13-14H,3-9H2,1-2H3. The van der Waals surface area contributed by atoms with Gasteiger partial charge in [0, 0.05) is 18.1 Å². The molecule has 0 aromatic carbocycles. The van der Waals surface area contributed by atoms with Crippen molar-refractivity contribution in [3.63, 3.8) is 0 Å². The summed E-state index contributed by atoms with van der Waals surface area (Å²) in [6.07, 6.45) is 6.90. The van der Waals surface area contributed by atoms with Crippen LogP contribution in [0.2, 0.25) is 0 Å². The smallest absolute Gasteiger partial charge is 0.0292 e. The molecule has 2 heteroatoms. The van der Waals surface area contributed by atoms with Crippen molar-refractivity contribution in [3.8, 4) is 0 Å². The van der Waals surface area contributed by atoms with Crippen molar-refractivity contribution in [1.82, 2.24) is 10.6 Å². The first kappa shape index (κ1) is 10.4. The Labute approximate surface area is 87.8 Å². The van der Waals surface area contributed by atoms with E-state index in [-0.39, 0.29) is 0 Å². The van der Waals surface area contributed by atoms with Crippen molar-refractivity contribution in [2.45, 2.75) is 57.5 Å². The van der Waals surface area contributed by atoms with Gasteiger partial charge in [0.2, 0.25) is 0 Å². The van der Waals surface area contributed by atoms with Crippen LogP contribution < -0.4 is 10.6 Å². The van der Waals surface area contributed by atoms with Crippen LogP contribution in [0.4, 0.5) is 0 Å². The van der Waals surface area contributed by atoms with E-state index in [9.17, 15) is 0 Å². The molecule has 1 unspecified atom stereocenters. The number of hydrogen-bond acceptors (Lipinski definition) is 2. The van der Waals surface area contributed by atoms with Gasteiger partial charge in [0.05, 0.1) is 0 Å². The van der Waals surface area contributed by atoms with Gasteiger partial charge in [-0.1, -0.05) is 6.92 Å². The van der Waals surface area contributed by atoms with Gasteiger partial charge in [-0.2, -0.15) is 0 Å². The molecule has 2 rings (SSSR count). The molecule has 2 aliphatic rings. The summed E-state index contributed by atoms with van der Waals surface area (Å²) in [6.45, 7) is 7.09. The highest BCUT2D eigenvalue weighted by Crippen LogP contribution is 2.26. The van der Waals surface area contributed by atoms with Crippen molar-refractivity contribution in [2.24, 2.45) is 5.92 Å². The molecule has 1 saturated heterocycles. The summed E-state index contributed by atoms with van der Waals surface area (Å²) in [7, 11) is 0. The second-order valence-electron chi connectivity index (χ2n) is 5.59. The van der Waals surface area contributed by atoms with Gasteiger partial charge in [-0.25, -0.2) is 0 Å². The number of hydrogen-bond donors (Lipinski definition) is 2. The Kier molecular flexibility index (Phi) is 3.13. The molecule has 0 radical (unpaired) electrons. The molecule has 0 aromatic rings. The highest BCUT2D eigenvalue weighted by Gasteiger charge is 2.31. The summed E-state index contributed by atoms with van der Waals surface area (Å²) in [5.74, 6) is 0.961. The Balaban J connectivity index is 1.79. The first-order valence-electron chi connectivity index (χ1n) is 6.16. The summed E-state index contributed by atoms with van der Waals surface area (Å²) in [5.41, 5.74) is 0.380. The monoisotopic (exact) mass is 196 g/mol. The van der Waals surface area contributed by atoms with Crippen molar-refractivity contribution in [3.05, 3.63) is 0 Å². The van der Waals surface area contributed by atoms with Gasteiger partial charge in [0.15, 0.2) is 0 Å². The molecule has 0 aromatic heterocycles. The van der Waals surface area contributed by atoms with Gasteiger partial charge in [0.1, 0.15) is 0 Å². The second kappa shape index (κ2) is 4.19. The predicted octanol–water partition coefficient (Wildman–Crippen LogP) is 1.91. The van der Waals surface area contributed by atoms with Crippen LogP contribution in [0, 0.1) is 5.92 Å². The van der Waals surface area contributed by atoms with Gasteiger partial charge in [-0.3, -0.25) is 0 Å². The maximum Gasteiger partial charge on any atom is 0.0292 e. The van der Waals surface area contributed by atoms with E-state index >= 15 is 0 Å². The van der Waals surface area contributed by atoms with Crippen LogP contribution in [0.1, 0.15) is 46.0 Å². The SMILES string of the molecule is CC1CCC(NC2(C)CCNC2)CC1. The minimum absolute atomic E-state index is 0.380. The Morgan fingerprint density at radius 2 is 1.93 bits per heavy atom. The van der Waals surface area contributed by atoms with Gasteiger partial charge in [-0.15, -0.1) is 0 Å². The van der Waals surface area contributed by atoms with Crippen molar-refractivity contribution < 1.29 is 0 Å². The third-order valence-corrected chi connectivity index (χ3v) is 3.94. The van der Waals surface area contributed by atoms with E-state index in [0.717, 1.165) is 18.5 Å². The number of nitrogens with one attached hydrogen (secondary N) is 2. The molecule has 1 aliphatic heterocycles. The van der Waals surface area contributed by atoms with Crippen LogP contribution >= 0.6 is 0 Å². The van der Waals surface area contributed by atoms with Crippen LogP contribution in [-0.2, 0) is 0 Å². The first-order chi connectivity index (χ1) is 6.68. The van der Waals surface area contributed by atoms with Crippen molar-refractivity contribution >= 4 is 0 Å². The molecular formula is C12H24N2. The quantitative estimate of drug-likeness (QED) is 0.705. The van der Waals surface area contributed by atoms with Crippen LogP contribution in [0.15, 0.2) is 0 Å². The van der Waals surface area contributed by atoms with Crippen molar-refractivity contribution in [2.75, 3.05) is 13.1 Å². The number of rotatable bonds is 2. The third-order valence-electron chi connectivity index (χ3n) is 3.94. The summed E-state index contributed by atoms with van der Waals surface area (Å²) < 4.78 is 0. The minimum atomic E-state index is 0.380. The fourth-order valence-electron chi connectivity index (χ4n) is 2.84. The minimum Gasteiger partial charge on any atom is -0.315 e. The van der Waals surface area contributed by atoms with Gasteiger partial charge in [0.25, 0.3) is 0 Å². The molecule has 1 atom stereocenters. The lowest BCUT2D eigenvalue weighted by Gasteiger charge is -2.34. The Morgan fingerprint density at radius 1 is 1.21 bits per heavy atom. The molecule has 2 N–H and O–H groups in total. The summed E-state index contributed by atoms with van der Waals surface area (Å²) >= 11 is 0. The topological polar surface area (TPSA) is 24.1 Å². The normalized spacial score (nSPS) is 44.1. The van der Waals surface area contributed by atoms with E-state index in [1.54, 1.807) is 0 Å². The maximum atomic E-state index is 3.85. The maximum absolute atomic E-state index is 3.85. The van der Waals surface area contributed by atoms with Crippen LogP contribution in [-0.4, -0.2) is 24.7 Å². The van der Waals surface area contributed by atoms with Crippen molar-refractivity contribution in [1.29, 1.82) is 0 Å². The molecule has 14 heavy (non-hydrogen) atoms. The fourth-order valence-corrected chi connectivity index (χ4v) is 2.84. The lowest BCUT2D eigenvalue weighted by atomic mass is 9.86. The highest BCUT2D eigenvalue weighted by molar-refractivity contribution is 4.94. The van der Waals surface area contributed by atoms with E-state index in [2.05, 4.69) is 24.5 Å². The molecule has 1 aliphatic carbocycles. The largest absolute Gasteiger partial charge is 0.315 e. The zero-order valence-electron chi connectivity index (χ0n) is 9.60. The van der Waals surface area contributed by atoms with Crippen LogP contribution in [0.5, 0.6) is 0 Å². The average Bonchev–Trinajstić information content (AvgIpc) is 2.57. The Bertz CT molecular complexity index is 177.